The molecule has 0 atom stereocenters. The van der Waals surface area contributed by atoms with Crippen molar-refractivity contribution in [1.29, 1.82) is 0 Å². The first-order valence-corrected chi connectivity index (χ1v) is 19.7. The molecule has 0 saturated carbocycles. The SMILES string of the molecule is c1ccc(-c2cc(-c3ccccc3)cc(N(c3ccc(-c4ccccc4-c4ccccc4)cc3)c3ccc(-c4ccccc4-c4cc5ccccc5o4)cc3)c2)cc1. The average Bonchev–Trinajstić information content (AvgIpc) is 3.75. The van der Waals surface area contributed by atoms with Gasteiger partial charge in [-0.1, -0.05) is 182 Å². The van der Waals surface area contributed by atoms with E-state index in [2.05, 4.69) is 223 Å². The summed E-state index contributed by atoms with van der Waals surface area (Å²) in [5.41, 5.74) is 16.9. The quantitative estimate of drug-likeness (QED) is 0.146. The molecule has 1 aromatic heterocycles. The van der Waals surface area contributed by atoms with Gasteiger partial charge in [0.15, 0.2) is 0 Å². The smallest absolute Gasteiger partial charge is 0.136 e. The molecule has 1 heterocycles. The minimum atomic E-state index is 0.864. The molecule has 10 aromatic rings. The number of anilines is 3. The van der Waals surface area contributed by atoms with Crippen LogP contribution in [0.5, 0.6) is 0 Å². The zero-order valence-electron chi connectivity index (χ0n) is 31.9. The first-order valence-electron chi connectivity index (χ1n) is 19.7. The van der Waals surface area contributed by atoms with Crippen molar-refractivity contribution in [2.24, 2.45) is 0 Å². The zero-order chi connectivity index (χ0) is 38.7. The van der Waals surface area contributed by atoms with Gasteiger partial charge in [0.05, 0.1) is 0 Å². The normalized spacial score (nSPS) is 11.1. The average molecular weight is 742 g/mol. The van der Waals surface area contributed by atoms with Gasteiger partial charge < -0.3 is 9.32 Å². The van der Waals surface area contributed by atoms with E-state index < -0.39 is 0 Å². The number of fused-ring (bicyclic) bond motifs is 1. The number of hydrogen-bond donors (Lipinski definition) is 0. The lowest BCUT2D eigenvalue weighted by atomic mass is 9.94. The minimum absolute atomic E-state index is 0.864. The highest BCUT2D eigenvalue weighted by Crippen LogP contribution is 2.43. The standard InChI is InChI=1S/C56H39NO/c1-4-16-40(17-5-1)46-36-47(41-18-6-2-7-19-41)38-50(37-46)57(48-32-28-43(29-33-48)52-24-12-11-23-51(52)42-20-8-3-9-21-42)49-34-30-44(31-35-49)53-25-13-14-26-54(53)56-39-45-22-10-15-27-55(45)58-56/h1-39H. The van der Waals surface area contributed by atoms with Gasteiger partial charge in [0.2, 0.25) is 0 Å². The third-order valence-electron chi connectivity index (χ3n) is 10.9. The van der Waals surface area contributed by atoms with Gasteiger partial charge in [-0.2, -0.15) is 0 Å². The highest BCUT2D eigenvalue weighted by atomic mass is 16.3. The van der Waals surface area contributed by atoms with E-state index >= 15 is 0 Å². The lowest BCUT2D eigenvalue weighted by Gasteiger charge is -2.27. The summed E-state index contributed by atoms with van der Waals surface area (Å²) in [6.45, 7) is 0. The second-order valence-electron chi connectivity index (χ2n) is 14.5. The van der Waals surface area contributed by atoms with Crippen LogP contribution in [0.2, 0.25) is 0 Å². The van der Waals surface area contributed by atoms with Gasteiger partial charge in [-0.05, 0) is 110 Å². The molecule has 274 valence electrons. The van der Waals surface area contributed by atoms with Crippen LogP contribution in [0.25, 0.3) is 77.9 Å². The van der Waals surface area contributed by atoms with Crippen LogP contribution in [0.3, 0.4) is 0 Å². The van der Waals surface area contributed by atoms with E-state index in [0.29, 0.717) is 0 Å². The van der Waals surface area contributed by atoms with Crippen molar-refractivity contribution in [3.05, 3.63) is 237 Å². The topological polar surface area (TPSA) is 16.4 Å². The molecule has 0 bridgehead atoms. The predicted molar refractivity (Wildman–Crippen MR) is 244 cm³/mol. The molecular weight excluding hydrogens is 703 g/mol. The van der Waals surface area contributed by atoms with Gasteiger partial charge in [0.25, 0.3) is 0 Å². The van der Waals surface area contributed by atoms with Crippen molar-refractivity contribution in [3.8, 4) is 67.0 Å². The van der Waals surface area contributed by atoms with Crippen molar-refractivity contribution in [2.45, 2.75) is 0 Å². The van der Waals surface area contributed by atoms with Crippen molar-refractivity contribution >= 4 is 28.0 Å². The molecule has 0 spiro atoms. The molecule has 0 saturated heterocycles. The van der Waals surface area contributed by atoms with E-state index in [4.69, 9.17) is 4.42 Å². The summed E-state index contributed by atoms with van der Waals surface area (Å²) < 4.78 is 6.35. The Morgan fingerprint density at radius 3 is 1.16 bits per heavy atom. The molecule has 0 unspecified atom stereocenters. The summed E-state index contributed by atoms with van der Waals surface area (Å²) >= 11 is 0. The maximum atomic E-state index is 6.35. The Labute approximate surface area is 339 Å². The van der Waals surface area contributed by atoms with E-state index in [1.165, 1.54) is 33.4 Å². The summed E-state index contributed by atoms with van der Waals surface area (Å²) in [7, 11) is 0. The Kier molecular flexibility index (Phi) is 9.27. The molecule has 0 fully saturated rings. The van der Waals surface area contributed by atoms with Crippen LogP contribution in [0, 0.1) is 0 Å². The fraction of sp³-hybridized carbons (Fsp3) is 0. The monoisotopic (exact) mass is 741 g/mol. The number of benzene rings is 9. The van der Waals surface area contributed by atoms with Crippen LogP contribution < -0.4 is 4.90 Å². The molecule has 0 aliphatic carbocycles. The van der Waals surface area contributed by atoms with Gasteiger partial charge >= 0.3 is 0 Å². The third-order valence-corrected chi connectivity index (χ3v) is 10.9. The molecule has 9 aromatic carbocycles. The van der Waals surface area contributed by atoms with Gasteiger partial charge in [-0.25, -0.2) is 0 Å². The lowest BCUT2D eigenvalue weighted by Crippen LogP contribution is -2.10. The Balaban J connectivity index is 1.10. The maximum absolute atomic E-state index is 6.35. The Hall–Kier alpha value is -7.68. The Morgan fingerprint density at radius 1 is 0.259 bits per heavy atom. The molecule has 2 heteroatoms. The number of nitrogens with zero attached hydrogens (tertiary/aromatic N) is 1. The molecule has 58 heavy (non-hydrogen) atoms. The lowest BCUT2D eigenvalue weighted by molar-refractivity contribution is 0.632. The number of rotatable bonds is 9. The summed E-state index contributed by atoms with van der Waals surface area (Å²) in [5.74, 6) is 0.864. The first-order chi connectivity index (χ1) is 28.7. The summed E-state index contributed by atoms with van der Waals surface area (Å²) in [6, 6.07) is 84.3. The van der Waals surface area contributed by atoms with Crippen LogP contribution in [0.15, 0.2) is 241 Å². The van der Waals surface area contributed by atoms with Crippen molar-refractivity contribution < 1.29 is 4.42 Å². The molecule has 0 amide bonds. The summed E-state index contributed by atoms with van der Waals surface area (Å²) in [6.07, 6.45) is 0. The summed E-state index contributed by atoms with van der Waals surface area (Å²) in [4.78, 5) is 2.38. The highest BCUT2D eigenvalue weighted by molar-refractivity contribution is 5.91. The fourth-order valence-electron chi connectivity index (χ4n) is 8.03. The van der Waals surface area contributed by atoms with Crippen LogP contribution in [-0.4, -0.2) is 0 Å². The maximum Gasteiger partial charge on any atom is 0.136 e. The molecule has 0 aliphatic rings. The van der Waals surface area contributed by atoms with Crippen LogP contribution in [0.1, 0.15) is 0 Å². The largest absolute Gasteiger partial charge is 0.456 e. The van der Waals surface area contributed by atoms with Crippen LogP contribution >= 0.6 is 0 Å². The molecule has 0 N–H and O–H groups in total. The molecule has 2 nitrogen and oxygen atoms in total. The van der Waals surface area contributed by atoms with Crippen LogP contribution in [0.4, 0.5) is 17.1 Å². The van der Waals surface area contributed by atoms with Gasteiger partial charge in [0.1, 0.15) is 11.3 Å². The molecule has 0 radical (unpaired) electrons. The number of furan rings is 1. The molecule has 10 rings (SSSR count). The third kappa shape index (κ3) is 6.89. The van der Waals surface area contributed by atoms with E-state index in [0.717, 1.165) is 61.6 Å². The number of para-hydroxylation sites is 1. The van der Waals surface area contributed by atoms with Gasteiger partial charge in [0, 0.05) is 28.0 Å². The highest BCUT2D eigenvalue weighted by Gasteiger charge is 2.18. The minimum Gasteiger partial charge on any atom is -0.456 e. The van der Waals surface area contributed by atoms with E-state index in [1.54, 1.807) is 0 Å². The van der Waals surface area contributed by atoms with E-state index in [1.807, 2.05) is 18.2 Å². The second-order valence-corrected chi connectivity index (χ2v) is 14.5. The number of hydrogen-bond acceptors (Lipinski definition) is 2. The van der Waals surface area contributed by atoms with Gasteiger partial charge in [-0.3, -0.25) is 0 Å². The second kappa shape index (κ2) is 15.5. The van der Waals surface area contributed by atoms with E-state index in [-0.39, 0.29) is 0 Å². The molecule has 0 aliphatic heterocycles. The van der Waals surface area contributed by atoms with Crippen molar-refractivity contribution in [2.75, 3.05) is 4.90 Å². The first kappa shape index (κ1) is 34.8. The zero-order valence-corrected chi connectivity index (χ0v) is 31.9. The van der Waals surface area contributed by atoms with Crippen LogP contribution in [-0.2, 0) is 0 Å². The van der Waals surface area contributed by atoms with E-state index in [9.17, 15) is 0 Å². The fourth-order valence-corrected chi connectivity index (χ4v) is 8.03. The Bertz CT molecular complexity index is 2880. The van der Waals surface area contributed by atoms with Crippen molar-refractivity contribution in [1.82, 2.24) is 0 Å². The van der Waals surface area contributed by atoms with Gasteiger partial charge in [-0.15, -0.1) is 0 Å². The summed E-state index contributed by atoms with van der Waals surface area (Å²) in [5, 5.41) is 1.10. The predicted octanol–water partition coefficient (Wildman–Crippen LogP) is 15.9. The Morgan fingerprint density at radius 2 is 0.655 bits per heavy atom. The molecular formula is C56H39NO. The van der Waals surface area contributed by atoms with Crippen molar-refractivity contribution in [3.63, 3.8) is 0 Å².